The first-order valence-electron chi connectivity index (χ1n) is 8.13. The molecule has 1 aliphatic carbocycles. The summed E-state index contributed by atoms with van der Waals surface area (Å²) in [7, 11) is 0. The van der Waals surface area contributed by atoms with Gasteiger partial charge in [-0.15, -0.1) is 10.2 Å². The number of aromatic nitrogens is 2. The van der Waals surface area contributed by atoms with Crippen LogP contribution >= 0.6 is 0 Å². The molecule has 2 aromatic heterocycles. The molecule has 0 bridgehead atoms. The topological polar surface area (TPSA) is 72.4 Å². The molecule has 4 rings (SSSR count). The van der Waals surface area contributed by atoms with Crippen molar-refractivity contribution in [3.63, 3.8) is 0 Å². The zero-order valence-corrected chi connectivity index (χ0v) is 12.9. The van der Waals surface area contributed by atoms with Crippen molar-refractivity contribution in [2.24, 2.45) is 0 Å². The van der Waals surface area contributed by atoms with Gasteiger partial charge >= 0.3 is 0 Å². The molecule has 6 nitrogen and oxygen atoms in total. The van der Waals surface area contributed by atoms with Gasteiger partial charge in [0.05, 0.1) is 6.26 Å². The maximum Gasteiger partial charge on any atom is 0.246 e. The van der Waals surface area contributed by atoms with Gasteiger partial charge in [0.2, 0.25) is 17.7 Å². The highest BCUT2D eigenvalue weighted by Gasteiger charge is 2.32. The average molecular weight is 313 g/mol. The van der Waals surface area contributed by atoms with Crippen LogP contribution in [0.4, 0.5) is 0 Å². The number of hydrogen-bond donors (Lipinski definition) is 0. The normalized spacial score (nSPS) is 19.6. The molecular weight excluding hydrogens is 294 g/mol. The highest BCUT2D eigenvalue weighted by atomic mass is 16.4. The van der Waals surface area contributed by atoms with Crippen LogP contribution in [0.5, 0.6) is 0 Å². The molecule has 1 amide bonds. The number of likely N-dealkylation sites (tertiary alicyclic amines) is 1. The Kier molecular flexibility index (Phi) is 3.73. The van der Waals surface area contributed by atoms with E-state index >= 15 is 0 Å². The van der Waals surface area contributed by atoms with Crippen molar-refractivity contribution in [1.82, 2.24) is 15.1 Å². The molecule has 0 radical (unpaired) electrons. The van der Waals surface area contributed by atoms with Crippen molar-refractivity contribution >= 4 is 12.0 Å². The van der Waals surface area contributed by atoms with E-state index in [1.54, 1.807) is 24.5 Å². The molecule has 0 atom stereocenters. The summed E-state index contributed by atoms with van der Waals surface area (Å²) < 4.78 is 11.0. The van der Waals surface area contributed by atoms with Crippen molar-refractivity contribution in [3.8, 4) is 0 Å². The summed E-state index contributed by atoms with van der Waals surface area (Å²) in [6.45, 7) is 1.43. The number of hydrogen-bond acceptors (Lipinski definition) is 5. The maximum atomic E-state index is 12.2. The molecule has 6 heteroatoms. The lowest BCUT2D eigenvalue weighted by Crippen LogP contribution is -2.36. The number of carbonyl (C=O) groups excluding carboxylic acids is 1. The number of nitrogens with zero attached hydrogens (tertiary/aromatic N) is 3. The van der Waals surface area contributed by atoms with Crippen LogP contribution in [0.25, 0.3) is 6.08 Å². The molecule has 0 aromatic carbocycles. The quantitative estimate of drug-likeness (QED) is 0.811. The lowest BCUT2D eigenvalue weighted by Gasteiger charge is -2.29. The molecule has 2 aliphatic rings. The summed E-state index contributed by atoms with van der Waals surface area (Å²) in [5, 5.41) is 8.34. The third kappa shape index (κ3) is 3.21. The van der Waals surface area contributed by atoms with Crippen molar-refractivity contribution in [3.05, 3.63) is 42.0 Å². The molecule has 3 heterocycles. The highest BCUT2D eigenvalue weighted by Crippen LogP contribution is 2.40. The van der Waals surface area contributed by atoms with Crippen LogP contribution in [0.15, 0.2) is 33.3 Å². The predicted molar refractivity (Wildman–Crippen MR) is 82.6 cm³/mol. The van der Waals surface area contributed by atoms with Crippen LogP contribution in [0.1, 0.15) is 55.1 Å². The van der Waals surface area contributed by atoms with Crippen molar-refractivity contribution in [2.75, 3.05) is 13.1 Å². The Labute approximate surface area is 134 Å². The lowest BCUT2D eigenvalue weighted by molar-refractivity contribution is -0.127. The van der Waals surface area contributed by atoms with E-state index in [1.807, 2.05) is 11.0 Å². The summed E-state index contributed by atoms with van der Waals surface area (Å²) in [5.74, 6) is 3.00. The van der Waals surface area contributed by atoms with Gasteiger partial charge in [0.1, 0.15) is 5.76 Å². The Hall–Kier alpha value is -2.37. The molecule has 1 aliphatic heterocycles. The molecule has 0 N–H and O–H groups in total. The highest BCUT2D eigenvalue weighted by molar-refractivity contribution is 5.91. The van der Waals surface area contributed by atoms with E-state index in [0.29, 0.717) is 24.8 Å². The molecule has 2 fully saturated rings. The van der Waals surface area contributed by atoms with Crippen molar-refractivity contribution < 1.29 is 13.6 Å². The van der Waals surface area contributed by atoms with Crippen LogP contribution in [0.2, 0.25) is 0 Å². The zero-order valence-electron chi connectivity index (χ0n) is 12.9. The van der Waals surface area contributed by atoms with Gasteiger partial charge in [0.25, 0.3) is 0 Å². The number of amides is 1. The van der Waals surface area contributed by atoms with Gasteiger partial charge in [-0.2, -0.15) is 0 Å². The fourth-order valence-electron chi connectivity index (χ4n) is 2.90. The zero-order chi connectivity index (χ0) is 15.6. The van der Waals surface area contributed by atoms with E-state index in [9.17, 15) is 4.79 Å². The van der Waals surface area contributed by atoms with Crippen molar-refractivity contribution in [2.45, 2.75) is 37.5 Å². The molecular formula is C17H19N3O3. The third-order valence-electron chi connectivity index (χ3n) is 4.47. The first-order valence-corrected chi connectivity index (χ1v) is 8.13. The Bertz CT molecular complexity index is 693. The molecule has 0 unspecified atom stereocenters. The van der Waals surface area contributed by atoms with Gasteiger partial charge in [-0.05, 0) is 43.9 Å². The Morgan fingerprint density at radius 1 is 1.13 bits per heavy atom. The number of piperidine rings is 1. The minimum absolute atomic E-state index is 0.0176. The average Bonchev–Trinajstić information content (AvgIpc) is 3.11. The third-order valence-corrected chi connectivity index (χ3v) is 4.47. The molecule has 1 saturated carbocycles. The summed E-state index contributed by atoms with van der Waals surface area (Å²) >= 11 is 0. The van der Waals surface area contributed by atoms with Crippen LogP contribution in [0, 0.1) is 0 Å². The van der Waals surface area contributed by atoms with E-state index in [2.05, 4.69) is 10.2 Å². The fourth-order valence-corrected chi connectivity index (χ4v) is 2.90. The number of carbonyl (C=O) groups is 1. The van der Waals surface area contributed by atoms with E-state index in [1.165, 1.54) is 0 Å². The fraction of sp³-hybridized carbons (Fsp3) is 0.471. The van der Waals surface area contributed by atoms with E-state index < -0.39 is 0 Å². The summed E-state index contributed by atoms with van der Waals surface area (Å²) in [6.07, 6.45) is 8.92. The molecule has 2 aromatic rings. The van der Waals surface area contributed by atoms with Crippen LogP contribution in [-0.2, 0) is 4.79 Å². The van der Waals surface area contributed by atoms with Crippen LogP contribution in [0.3, 0.4) is 0 Å². The smallest absolute Gasteiger partial charge is 0.246 e. The van der Waals surface area contributed by atoms with Crippen molar-refractivity contribution in [1.29, 1.82) is 0 Å². The second-order valence-corrected chi connectivity index (χ2v) is 6.20. The monoisotopic (exact) mass is 313 g/mol. The molecule has 0 spiro atoms. The molecule has 1 saturated heterocycles. The molecule has 23 heavy (non-hydrogen) atoms. The van der Waals surface area contributed by atoms with Gasteiger partial charge in [0, 0.05) is 31.0 Å². The number of rotatable bonds is 4. The standard InChI is InChI=1S/C17H19N3O3/c21-15(6-5-14-2-1-11-22-14)20-9-7-13(8-10-20)17-19-18-16(23-17)12-3-4-12/h1-2,5-6,11-13H,3-4,7-10H2/b6-5+. The van der Waals surface area contributed by atoms with Crippen LogP contribution < -0.4 is 0 Å². The van der Waals surface area contributed by atoms with Gasteiger partial charge in [0.15, 0.2) is 0 Å². The van der Waals surface area contributed by atoms with Gasteiger partial charge in [-0.1, -0.05) is 0 Å². The SMILES string of the molecule is O=C(/C=C/c1ccco1)N1CCC(c2nnc(C3CC3)o2)CC1. The first kappa shape index (κ1) is 14.2. The Morgan fingerprint density at radius 3 is 2.43 bits per heavy atom. The Morgan fingerprint density at radius 2 is 1.83 bits per heavy atom. The number of furan rings is 1. The first-order chi connectivity index (χ1) is 11.3. The largest absolute Gasteiger partial charge is 0.465 e. The lowest BCUT2D eigenvalue weighted by atomic mass is 9.97. The Balaban J connectivity index is 1.32. The molecule has 120 valence electrons. The minimum atomic E-state index is 0.0176. The van der Waals surface area contributed by atoms with Gasteiger partial charge in [-0.3, -0.25) is 4.79 Å². The summed E-state index contributed by atoms with van der Waals surface area (Å²) in [4.78, 5) is 14.0. The van der Waals surface area contributed by atoms with Crippen LogP contribution in [-0.4, -0.2) is 34.1 Å². The summed E-state index contributed by atoms with van der Waals surface area (Å²) in [5.41, 5.74) is 0. The second kappa shape index (κ2) is 6.02. The predicted octanol–water partition coefficient (Wildman–Crippen LogP) is 2.96. The van der Waals surface area contributed by atoms with E-state index in [-0.39, 0.29) is 11.8 Å². The summed E-state index contributed by atoms with van der Waals surface area (Å²) in [6, 6.07) is 3.62. The maximum absolute atomic E-state index is 12.2. The van der Waals surface area contributed by atoms with Gasteiger partial charge in [-0.25, -0.2) is 0 Å². The van der Waals surface area contributed by atoms with E-state index in [4.69, 9.17) is 8.83 Å². The van der Waals surface area contributed by atoms with E-state index in [0.717, 1.165) is 37.5 Å². The van der Waals surface area contributed by atoms with Gasteiger partial charge < -0.3 is 13.7 Å². The minimum Gasteiger partial charge on any atom is -0.465 e. The second-order valence-electron chi connectivity index (χ2n) is 6.20.